The summed E-state index contributed by atoms with van der Waals surface area (Å²) in [6.07, 6.45) is 0. The van der Waals surface area contributed by atoms with Crippen LogP contribution in [0.15, 0.2) is 5.38 Å². The third kappa shape index (κ3) is 1.00. The third-order valence-electron chi connectivity index (χ3n) is 1.10. The van der Waals surface area contributed by atoms with Crippen molar-refractivity contribution in [1.29, 1.82) is 0 Å². The van der Waals surface area contributed by atoms with E-state index in [9.17, 15) is 0 Å². The van der Waals surface area contributed by atoms with Crippen LogP contribution in [0.2, 0.25) is 0 Å². The molecule has 0 aliphatic heterocycles. The molecule has 0 aromatic carbocycles. The second-order valence-corrected chi connectivity index (χ2v) is 2.79. The largest absolute Gasteiger partial charge is 0.504 e. The second-order valence-electron chi connectivity index (χ2n) is 1.71. The number of methoxy groups -OCH3 is 1. The van der Waals surface area contributed by atoms with Gasteiger partial charge >= 0.3 is 0 Å². The van der Waals surface area contributed by atoms with E-state index in [1.165, 1.54) is 11.3 Å². The Bertz CT molecular complexity index is 185. The summed E-state index contributed by atoms with van der Waals surface area (Å²) in [5, 5.41) is 10.7. The molecule has 2 nitrogen and oxygen atoms in total. The lowest BCUT2D eigenvalue weighted by Gasteiger charge is -1.95. The van der Waals surface area contributed by atoms with Gasteiger partial charge in [-0.25, -0.2) is 0 Å². The molecule has 0 aliphatic rings. The van der Waals surface area contributed by atoms with Gasteiger partial charge in [0.15, 0.2) is 11.5 Å². The lowest BCUT2D eigenvalue weighted by atomic mass is 10.4. The highest BCUT2D eigenvalue weighted by molar-refractivity contribution is 7.10. The molecule has 0 saturated carbocycles. The van der Waals surface area contributed by atoms with Crippen molar-refractivity contribution >= 4 is 11.3 Å². The quantitative estimate of drug-likeness (QED) is 0.651. The monoisotopic (exact) mass is 144 g/mol. The van der Waals surface area contributed by atoms with Crippen molar-refractivity contribution in [2.45, 2.75) is 6.92 Å². The number of hydrogen-bond acceptors (Lipinski definition) is 3. The van der Waals surface area contributed by atoms with E-state index in [1.54, 1.807) is 12.5 Å². The molecule has 0 saturated heterocycles. The molecule has 1 N–H and O–H groups in total. The fourth-order valence-corrected chi connectivity index (χ4v) is 1.37. The van der Waals surface area contributed by atoms with Crippen LogP contribution in [0.3, 0.4) is 0 Å². The Morgan fingerprint density at radius 1 is 1.67 bits per heavy atom. The summed E-state index contributed by atoms with van der Waals surface area (Å²) in [5.41, 5.74) is 0. The van der Waals surface area contributed by atoms with Crippen molar-refractivity contribution in [3.05, 3.63) is 10.3 Å². The standard InChI is InChI=1S/C6H8O2S/c1-4-6(8-2)5(7)3-9-4/h3,7H,1-2H3. The highest BCUT2D eigenvalue weighted by Gasteiger charge is 2.05. The third-order valence-corrected chi connectivity index (χ3v) is 1.98. The zero-order valence-corrected chi connectivity index (χ0v) is 6.16. The molecular formula is C6H8O2S. The number of ether oxygens (including phenoxy) is 1. The molecular weight excluding hydrogens is 136 g/mol. The van der Waals surface area contributed by atoms with Gasteiger partial charge in [-0.3, -0.25) is 0 Å². The summed E-state index contributed by atoms with van der Waals surface area (Å²) in [4.78, 5) is 1.01. The molecule has 0 radical (unpaired) electrons. The topological polar surface area (TPSA) is 29.5 Å². The molecule has 1 aromatic heterocycles. The normalized spacial score (nSPS) is 9.56. The van der Waals surface area contributed by atoms with Gasteiger partial charge in [0.05, 0.1) is 7.11 Å². The van der Waals surface area contributed by atoms with E-state index < -0.39 is 0 Å². The van der Waals surface area contributed by atoms with Crippen molar-refractivity contribution in [3.8, 4) is 11.5 Å². The van der Waals surface area contributed by atoms with E-state index in [2.05, 4.69) is 0 Å². The molecule has 0 bridgehead atoms. The van der Waals surface area contributed by atoms with Crippen LogP contribution < -0.4 is 4.74 Å². The first-order valence-electron chi connectivity index (χ1n) is 2.56. The molecule has 3 heteroatoms. The second kappa shape index (κ2) is 2.27. The minimum Gasteiger partial charge on any atom is -0.504 e. The Labute approximate surface area is 57.7 Å². The fraction of sp³-hybridized carbons (Fsp3) is 0.333. The number of aryl methyl sites for hydroxylation is 1. The van der Waals surface area contributed by atoms with Crippen LogP contribution >= 0.6 is 11.3 Å². The van der Waals surface area contributed by atoms with Gasteiger partial charge in [-0.15, -0.1) is 11.3 Å². The van der Waals surface area contributed by atoms with E-state index >= 15 is 0 Å². The molecule has 1 heterocycles. The van der Waals surface area contributed by atoms with Gasteiger partial charge < -0.3 is 9.84 Å². The highest BCUT2D eigenvalue weighted by Crippen LogP contribution is 2.34. The first kappa shape index (κ1) is 6.42. The predicted octanol–water partition coefficient (Wildman–Crippen LogP) is 1.77. The average Bonchev–Trinajstić information content (AvgIpc) is 2.12. The molecule has 0 fully saturated rings. The Hall–Kier alpha value is -0.700. The van der Waals surface area contributed by atoms with Gasteiger partial charge in [-0.1, -0.05) is 0 Å². The van der Waals surface area contributed by atoms with E-state index in [1.807, 2.05) is 6.92 Å². The molecule has 50 valence electrons. The minimum absolute atomic E-state index is 0.236. The molecule has 1 aromatic rings. The Kier molecular flexibility index (Phi) is 1.62. The van der Waals surface area contributed by atoms with Gasteiger partial charge in [0.2, 0.25) is 0 Å². The van der Waals surface area contributed by atoms with E-state index in [0.29, 0.717) is 5.75 Å². The Morgan fingerprint density at radius 2 is 2.33 bits per heavy atom. The summed E-state index contributed by atoms with van der Waals surface area (Å²) in [6, 6.07) is 0. The molecule has 0 amide bonds. The van der Waals surface area contributed by atoms with Crippen molar-refractivity contribution in [2.24, 2.45) is 0 Å². The van der Waals surface area contributed by atoms with Crippen LogP contribution in [-0.2, 0) is 0 Å². The van der Waals surface area contributed by atoms with Crippen molar-refractivity contribution in [1.82, 2.24) is 0 Å². The molecule has 0 spiro atoms. The van der Waals surface area contributed by atoms with E-state index in [4.69, 9.17) is 9.84 Å². The van der Waals surface area contributed by atoms with Crippen molar-refractivity contribution in [3.63, 3.8) is 0 Å². The maximum Gasteiger partial charge on any atom is 0.174 e. The summed E-state index contributed by atoms with van der Waals surface area (Å²) in [7, 11) is 1.55. The maximum absolute atomic E-state index is 9.02. The minimum atomic E-state index is 0.236. The van der Waals surface area contributed by atoms with E-state index in [0.717, 1.165) is 4.88 Å². The number of hydrogen-bond donors (Lipinski definition) is 1. The molecule has 0 unspecified atom stereocenters. The first-order valence-corrected chi connectivity index (χ1v) is 3.44. The van der Waals surface area contributed by atoms with Gasteiger partial charge in [0.1, 0.15) is 0 Å². The summed E-state index contributed by atoms with van der Waals surface area (Å²) in [5.74, 6) is 0.833. The van der Waals surface area contributed by atoms with Crippen LogP contribution in [0, 0.1) is 6.92 Å². The van der Waals surface area contributed by atoms with Gasteiger partial charge in [0, 0.05) is 10.3 Å². The molecule has 9 heavy (non-hydrogen) atoms. The van der Waals surface area contributed by atoms with Crippen molar-refractivity contribution < 1.29 is 9.84 Å². The summed E-state index contributed by atoms with van der Waals surface area (Å²) >= 11 is 1.48. The predicted molar refractivity (Wildman–Crippen MR) is 37.3 cm³/mol. The number of rotatable bonds is 1. The summed E-state index contributed by atoms with van der Waals surface area (Å²) < 4.78 is 4.88. The van der Waals surface area contributed by atoms with Gasteiger partial charge in [0.25, 0.3) is 0 Å². The lowest BCUT2D eigenvalue weighted by molar-refractivity contribution is 0.374. The van der Waals surface area contributed by atoms with Crippen LogP contribution in [0.25, 0.3) is 0 Å². The maximum atomic E-state index is 9.02. The van der Waals surface area contributed by atoms with Crippen LogP contribution in [0.1, 0.15) is 4.88 Å². The summed E-state index contributed by atoms with van der Waals surface area (Å²) in [6.45, 7) is 1.91. The van der Waals surface area contributed by atoms with Gasteiger partial charge in [-0.05, 0) is 6.92 Å². The van der Waals surface area contributed by atoms with Crippen LogP contribution in [0.4, 0.5) is 0 Å². The SMILES string of the molecule is COc1c(O)csc1C. The lowest BCUT2D eigenvalue weighted by Crippen LogP contribution is -1.80. The molecule has 0 aliphatic carbocycles. The number of thiophene rings is 1. The Morgan fingerprint density at radius 3 is 2.56 bits per heavy atom. The van der Waals surface area contributed by atoms with Gasteiger partial charge in [-0.2, -0.15) is 0 Å². The zero-order valence-electron chi connectivity index (χ0n) is 5.34. The Balaban J connectivity index is 3.07. The smallest absolute Gasteiger partial charge is 0.174 e. The van der Waals surface area contributed by atoms with Crippen LogP contribution in [0.5, 0.6) is 11.5 Å². The first-order chi connectivity index (χ1) is 4.25. The zero-order chi connectivity index (χ0) is 6.85. The average molecular weight is 144 g/mol. The number of aromatic hydroxyl groups is 1. The van der Waals surface area contributed by atoms with E-state index in [-0.39, 0.29) is 5.75 Å². The fourth-order valence-electron chi connectivity index (χ4n) is 0.680. The van der Waals surface area contributed by atoms with Crippen LogP contribution in [-0.4, -0.2) is 12.2 Å². The highest BCUT2D eigenvalue weighted by atomic mass is 32.1. The molecule has 0 atom stereocenters. The van der Waals surface area contributed by atoms with Crippen molar-refractivity contribution in [2.75, 3.05) is 7.11 Å². The molecule has 1 rings (SSSR count).